The molecule has 2 heterocycles. The van der Waals surface area contributed by atoms with E-state index >= 15 is 0 Å². The van der Waals surface area contributed by atoms with Gasteiger partial charge >= 0.3 is 0 Å². The van der Waals surface area contributed by atoms with Gasteiger partial charge in [0.2, 0.25) is 5.95 Å². The van der Waals surface area contributed by atoms with Crippen molar-refractivity contribution in [2.24, 2.45) is 5.92 Å². The van der Waals surface area contributed by atoms with Gasteiger partial charge in [-0.25, -0.2) is 4.68 Å². The molecule has 0 bridgehead atoms. The zero-order valence-corrected chi connectivity index (χ0v) is 7.39. The van der Waals surface area contributed by atoms with Crippen molar-refractivity contribution < 1.29 is 4.74 Å². The van der Waals surface area contributed by atoms with E-state index in [2.05, 4.69) is 15.5 Å². The Morgan fingerprint density at radius 3 is 2.85 bits per heavy atom. The van der Waals surface area contributed by atoms with Crippen LogP contribution in [-0.4, -0.2) is 33.4 Å². The van der Waals surface area contributed by atoms with E-state index in [1.807, 2.05) is 0 Å². The molecule has 0 aliphatic carbocycles. The Kier molecular flexibility index (Phi) is 2.40. The number of anilines is 1. The Bertz CT molecular complexity index is 268. The molecule has 1 saturated heterocycles. The van der Waals surface area contributed by atoms with Crippen LogP contribution in [0.25, 0.3) is 0 Å². The van der Waals surface area contributed by atoms with E-state index in [0.717, 1.165) is 32.6 Å². The van der Waals surface area contributed by atoms with E-state index in [0.29, 0.717) is 11.9 Å². The number of nitrogen functional groups attached to an aromatic ring is 1. The smallest absolute Gasteiger partial charge is 0.240 e. The van der Waals surface area contributed by atoms with Crippen molar-refractivity contribution in [1.82, 2.24) is 20.2 Å². The lowest BCUT2D eigenvalue weighted by Crippen LogP contribution is -2.21. The van der Waals surface area contributed by atoms with Crippen molar-refractivity contribution in [3.63, 3.8) is 0 Å². The van der Waals surface area contributed by atoms with Crippen LogP contribution in [0.4, 0.5) is 5.95 Å². The molecule has 6 nitrogen and oxygen atoms in total. The molecule has 1 aromatic heterocycles. The van der Waals surface area contributed by atoms with Crippen molar-refractivity contribution in [3.8, 4) is 0 Å². The van der Waals surface area contributed by atoms with Gasteiger partial charge in [0.05, 0.1) is 0 Å². The zero-order valence-electron chi connectivity index (χ0n) is 7.39. The second-order valence-electron chi connectivity index (χ2n) is 3.27. The number of hydrogen-bond acceptors (Lipinski definition) is 5. The van der Waals surface area contributed by atoms with Crippen LogP contribution in [0.3, 0.4) is 0 Å². The highest BCUT2D eigenvalue weighted by molar-refractivity contribution is 5.09. The minimum Gasteiger partial charge on any atom is -0.381 e. The Labute approximate surface area is 76.1 Å². The average Bonchev–Trinajstić information content (AvgIpc) is 2.54. The first kappa shape index (κ1) is 8.43. The zero-order chi connectivity index (χ0) is 9.10. The van der Waals surface area contributed by atoms with Crippen LogP contribution in [0, 0.1) is 5.92 Å². The van der Waals surface area contributed by atoms with Crippen LogP contribution in [0.15, 0.2) is 0 Å². The summed E-state index contributed by atoms with van der Waals surface area (Å²) < 4.78 is 6.91. The van der Waals surface area contributed by atoms with E-state index in [1.165, 1.54) is 0 Å². The van der Waals surface area contributed by atoms with Gasteiger partial charge in [-0.2, -0.15) is 0 Å². The molecule has 0 aromatic carbocycles. The van der Waals surface area contributed by atoms with Gasteiger partial charge in [-0.1, -0.05) is 5.10 Å². The molecule has 13 heavy (non-hydrogen) atoms. The third-order valence-corrected chi connectivity index (χ3v) is 2.33. The predicted octanol–water partition coefficient (Wildman–Crippen LogP) is -0.318. The first-order valence-corrected chi connectivity index (χ1v) is 4.45. The third-order valence-electron chi connectivity index (χ3n) is 2.33. The second-order valence-corrected chi connectivity index (χ2v) is 3.27. The molecule has 0 atom stereocenters. The number of nitrogens with zero attached hydrogens (tertiary/aromatic N) is 4. The molecule has 1 aliphatic heterocycles. The van der Waals surface area contributed by atoms with Gasteiger partial charge in [0.1, 0.15) is 0 Å². The molecule has 0 radical (unpaired) electrons. The molecule has 2 N–H and O–H groups in total. The van der Waals surface area contributed by atoms with Crippen molar-refractivity contribution in [2.75, 3.05) is 18.9 Å². The summed E-state index contributed by atoms with van der Waals surface area (Å²) in [6.07, 6.45) is 2.14. The fraction of sp³-hybridized carbons (Fsp3) is 0.857. The predicted molar refractivity (Wildman–Crippen MR) is 45.8 cm³/mol. The highest BCUT2D eigenvalue weighted by atomic mass is 16.5. The number of ether oxygens (including phenoxy) is 1. The van der Waals surface area contributed by atoms with E-state index in [9.17, 15) is 0 Å². The maximum absolute atomic E-state index is 5.55. The molecular formula is C7H13N5O. The molecule has 0 saturated carbocycles. The van der Waals surface area contributed by atoms with Crippen molar-refractivity contribution in [2.45, 2.75) is 19.4 Å². The van der Waals surface area contributed by atoms with Crippen molar-refractivity contribution in [3.05, 3.63) is 0 Å². The lowest BCUT2D eigenvalue weighted by Gasteiger charge is -2.21. The molecule has 1 aromatic rings. The fourth-order valence-corrected chi connectivity index (χ4v) is 1.52. The summed E-state index contributed by atoms with van der Waals surface area (Å²) in [7, 11) is 0. The van der Waals surface area contributed by atoms with Crippen molar-refractivity contribution >= 4 is 5.95 Å². The van der Waals surface area contributed by atoms with Crippen LogP contribution in [0.2, 0.25) is 0 Å². The minimum atomic E-state index is 0.395. The lowest BCUT2D eigenvalue weighted by atomic mass is 10.0. The van der Waals surface area contributed by atoms with Gasteiger partial charge in [0, 0.05) is 19.8 Å². The Hall–Kier alpha value is -1.17. The molecule has 1 fully saturated rings. The maximum atomic E-state index is 5.55. The third kappa shape index (κ3) is 1.95. The molecular weight excluding hydrogens is 170 g/mol. The van der Waals surface area contributed by atoms with E-state index < -0.39 is 0 Å². The van der Waals surface area contributed by atoms with Crippen LogP contribution >= 0.6 is 0 Å². The summed E-state index contributed by atoms with van der Waals surface area (Å²) in [6.45, 7) is 2.49. The van der Waals surface area contributed by atoms with Gasteiger partial charge in [-0.15, -0.1) is 0 Å². The molecule has 0 amide bonds. The van der Waals surface area contributed by atoms with Crippen LogP contribution < -0.4 is 5.73 Å². The SMILES string of the molecule is Nc1nnnn1CC1CCOCC1. The maximum Gasteiger partial charge on any atom is 0.240 e. The molecule has 2 rings (SSSR count). The number of tetrazole rings is 1. The molecule has 0 spiro atoms. The standard InChI is InChI=1S/C7H13N5O/c8-7-9-10-11-12(7)5-6-1-3-13-4-2-6/h6H,1-5H2,(H2,8,9,11). The van der Waals surface area contributed by atoms with Crippen LogP contribution in [0.1, 0.15) is 12.8 Å². The summed E-state index contributed by atoms with van der Waals surface area (Å²) in [4.78, 5) is 0. The highest BCUT2D eigenvalue weighted by Gasteiger charge is 2.15. The normalized spacial score (nSPS) is 19.1. The van der Waals surface area contributed by atoms with Gasteiger partial charge < -0.3 is 10.5 Å². The molecule has 0 unspecified atom stereocenters. The van der Waals surface area contributed by atoms with E-state index in [-0.39, 0.29) is 0 Å². The van der Waals surface area contributed by atoms with Crippen LogP contribution in [0.5, 0.6) is 0 Å². The van der Waals surface area contributed by atoms with Gasteiger partial charge in [-0.05, 0) is 29.2 Å². The first-order valence-electron chi connectivity index (χ1n) is 4.45. The number of nitrogens with two attached hydrogens (primary N) is 1. The Morgan fingerprint density at radius 2 is 2.23 bits per heavy atom. The van der Waals surface area contributed by atoms with Gasteiger partial charge in [-0.3, -0.25) is 0 Å². The minimum absolute atomic E-state index is 0.395. The fourth-order valence-electron chi connectivity index (χ4n) is 1.52. The number of hydrogen-bond donors (Lipinski definition) is 1. The lowest BCUT2D eigenvalue weighted by molar-refractivity contribution is 0.0602. The largest absolute Gasteiger partial charge is 0.381 e. The highest BCUT2D eigenvalue weighted by Crippen LogP contribution is 2.16. The topological polar surface area (TPSA) is 78.9 Å². The van der Waals surface area contributed by atoms with Crippen LogP contribution in [-0.2, 0) is 11.3 Å². The van der Waals surface area contributed by atoms with E-state index in [4.69, 9.17) is 10.5 Å². The van der Waals surface area contributed by atoms with Gasteiger partial charge in [0.25, 0.3) is 0 Å². The summed E-state index contributed by atoms with van der Waals surface area (Å²) in [5, 5.41) is 10.9. The monoisotopic (exact) mass is 183 g/mol. The first-order chi connectivity index (χ1) is 6.36. The Morgan fingerprint density at radius 1 is 1.46 bits per heavy atom. The second kappa shape index (κ2) is 3.69. The quantitative estimate of drug-likeness (QED) is 0.680. The summed E-state index contributed by atoms with van der Waals surface area (Å²) in [6, 6.07) is 0. The molecule has 6 heteroatoms. The number of rotatable bonds is 2. The average molecular weight is 183 g/mol. The number of aromatic nitrogens is 4. The summed E-state index contributed by atoms with van der Waals surface area (Å²) in [5.41, 5.74) is 5.55. The Balaban J connectivity index is 1.93. The van der Waals surface area contributed by atoms with Crippen molar-refractivity contribution in [1.29, 1.82) is 0 Å². The van der Waals surface area contributed by atoms with Gasteiger partial charge in [0.15, 0.2) is 0 Å². The summed E-state index contributed by atoms with van der Waals surface area (Å²) in [5.74, 6) is 0.992. The summed E-state index contributed by atoms with van der Waals surface area (Å²) >= 11 is 0. The molecule has 1 aliphatic rings. The molecule has 72 valence electrons. The van der Waals surface area contributed by atoms with E-state index in [1.54, 1.807) is 4.68 Å².